The molecule has 2 aliphatic carbocycles. The number of allylic oxidation sites excluding steroid dienone is 3. The number of nitrogens with one attached hydrogen (secondary N) is 1. The number of hydrogen-bond acceptors (Lipinski definition) is 4. The Labute approximate surface area is 188 Å². The van der Waals surface area contributed by atoms with Gasteiger partial charge in [-0.25, -0.2) is 4.39 Å². The van der Waals surface area contributed by atoms with Crippen molar-refractivity contribution in [2.75, 3.05) is 0 Å². The van der Waals surface area contributed by atoms with E-state index >= 15 is 0 Å². The zero-order valence-corrected chi connectivity index (χ0v) is 18.8. The molecule has 0 aliphatic heterocycles. The predicted octanol–water partition coefficient (Wildman–Crippen LogP) is 5.91. The highest BCUT2D eigenvalue weighted by Gasteiger charge is 2.41. The summed E-state index contributed by atoms with van der Waals surface area (Å²) in [6, 6.07) is 2.86. The number of rotatable bonds is 7. The summed E-state index contributed by atoms with van der Waals surface area (Å²) < 4.78 is 20.3. The Kier molecular flexibility index (Phi) is 7.48. The first-order valence-corrected chi connectivity index (χ1v) is 11.1. The first-order valence-electron chi connectivity index (χ1n) is 11.1. The molecule has 2 fully saturated rings. The summed E-state index contributed by atoms with van der Waals surface area (Å²) in [5.41, 5.74) is -0.329. The van der Waals surface area contributed by atoms with E-state index < -0.39 is 16.6 Å². The van der Waals surface area contributed by atoms with E-state index in [9.17, 15) is 19.3 Å². The quantitative estimate of drug-likeness (QED) is 0.246. The van der Waals surface area contributed by atoms with Crippen LogP contribution in [0.15, 0.2) is 54.5 Å². The lowest BCUT2D eigenvalue weighted by molar-refractivity contribution is -0.384. The number of amides is 1. The molecule has 0 saturated heterocycles. The van der Waals surface area contributed by atoms with Gasteiger partial charge in [0.25, 0.3) is 11.6 Å². The van der Waals surface area contributed by atoms with E-state index in [1.54, 1.807) is 25.2 Å². The fraction of sp³-hybridized carbons (Fsp3) is 0.480. The molecule has 6 nitrogen and oxygen atoms in total. The maximum atomic E-state index is 14.0. The van der Waals surface area contributed by atoms with Gasteiger partial charge in [0.05, 0.1) is 10.5 Å². The summed E-state index contributed by atoms with van der Waals surface area (Å²) in [6.07, 6.45) is 9.97. The Morgan fingerprint density at radius 1 is 1.25 bits per heavy atom. The number of benzene rings is 1. The van der Waals surface area contributed by atoms with Gasteiger partial charge in [-0.1, -0.05) is 26.5 Å². The molecule has 5 unspecified atom stereocenters. The van der Waals surface area contributed by atoms with Gasteiger partial charge in [0, 0.05) is 17.8 Å². The number of carbonyl (C=O) groups is 1. The van der Waals surface area contributed by atoms with Crippen LogP contribution in [-0.4, -0.2) is 16.9 Å². The average molecular weight is 443 g/mol. The third-order valence-corrected chi connectivity index (χ3v) is 6.52. The van der Waals surface area contributed by atoms with Gasteiger partial charge in [0.15, 0.2) is 0 Å². The van der Waals surface area contributed by atoms with Crippen molar-refractivity contribution in [3.8, 4) is 0 Å². The van der Waals surface area contributed by atoms with Crippen LogP contribution in [0, 0.1) is 39.6 Å². The lowest BCUT2D eigenvalue weighted by atomic mass is 9.64. The van der Waals surface area contributed by atoms with E-state index in [4.69, 9.17) is 4.74 Å². The Balaban J connectivity index is 1.62. The number of fused-ring (bicyclic) bond motifs is 2. The van der Waals surface area contributed by atoms with Gasteiger partial charge in [-0.15, -0.1) is 0 Å². The smallest absolute Gasteiger partial charge is 0.270 e. The average Bonchev–Trinajstić information content (AvgIpc) is 2.73. The first-order chi connectivity index (χ1) is 15.2. The number of nitro benzene ring substituents is 1. The van der Waals surface area contributed by atoms with Crippen molar-refractivity contribution < 1.29 is 18.8 Å². The molecule has 172 valence electrons. The number of carbonyl (C=O) groups excluding carboxylic acids is 1. The summed E-state index contributed by atoms with van der Waals surface area (Å²) in [5.74, 6) is 1.44. The predicted molar refractivity (Wildman–Crippen MR) is 121 cm³/mol. The van der Waals surface area contributed by atoms with Crippen molar-refractivity contribution in [1.82, 2.24) is 5.32 Å². The number of hydrogen-bond donors (Lipinski definition) is 1. The molecule has 1 N–H and O–H groups in total. The third kappa shape index (κ3) is 5.64. The molecule has 32 heavy (non-hydrogen) atoms. The van der Waals surface area contributed by atoms with Crippen LogP contribution >= 0.6 is 0 Å². The molecule has 1 amide bonds. The first kappa shape index (κ1) is 23.7. The molecule has 7 heteroatoms. The van der Waals surface area contributed by atoms with Gasteiger partial charge in [-0.2, -0.15) is 0 Å². The SMILES string of the molecule is C=C(/C=C\C(=C/C)NC(=O)c1cc([N+](=O)[O-])ccc1F)OC1C(C)CC2CC(C)CC1C2. The van der Waals surface area contributed by atoms with Crippen molar-refractivity contribution in [2.45, 2.75) is 52.6 Å². The van der Waals surface area contributed by atoms with E-state index in [1.807, 2.05) is 0 Å². The molecule has 2 saturated carbocycles. The topological polar surface area (TPSA) is 81.5 Å². The molecule has 5 atom stereocenters. The molecule has 2 bridgehead atoms. The van der Waals surface area contributed by atoms with Gasteiger partial charge < -0.3 is 10.1 Å². The highest BCUT2D eigenvalue weighted by molar-refractivity contribution is 5.96. The lowest BCUT2D eigenvalue weighted by Crippen LogP contribution is -2.41. The lowest BCUT2D eigenvalue weighted by Gasteiger charge is -2.46. The largest absolute Gasteiger partial charge is 0.490 e. The second kappa shape index (κ2) is 10.1. The zero-order valence-electron chi connectivity index (χ0n) is 18.8. The van der Waals surface area contributed by atoms with Crippen LogP contribution < -0.4 is 5.32 Å². The Morgan fingerprint density at radius 3 is 2.69 bits per heavy atom. The van der Waals surface area contributed by atoms with Gasteiger partial charge >= 0.3 is 0 Å². The minimum absolute atomic E-state index is 0.133. The van der Waals surface area contributed by atoms with Gasteiger partial charge in [-0.3, -0.25) is 14.9 Å². The summed E-state index contributed by atoms with van der Waals surface area (Å²) in [7, 11) is 0. The normalized spacial score (nSPS) is 27.8. The van der Waals surface area contributed by atoms with E-state index in [0.717, 1.165) is 30.0 Å². The van der Waals surface area contributed by atoms with Gasteiger partial charge in [0.2, 0.25) is 0 Å². The standard InChI is InChI=1S/C25H31FN2O4/c1-5-20(27-25(29)22-14-21(28(30)31)8-9-23(22)26)7-6-17(4)32-24-16(3)12-18-10-15(2)11-19(24)13-18/h5-9,14-16,18-19,24H,4,10-13H2,1-3H3,(H,27,29)/b7-6-,20-5+. The van der Waals surface area contributed by atoms with Crippen molar-refractivity contribution in [1.29, 1.82) is 0 Å². The second-order valence-corrected chi connectivity index (χ2v) is 9.15. The van der Waals surface area contributed by atoms with E-state index in [-0.39, 0.29) is 17.4 Å². The Bertz CT molecular complexity index is 951. The molecule has 0 spiro atoms. The minimum atomic E-state index is -0.827. The van der Waals surface area contributed by atoms with Crippen LogP contribution in [0.2, 0.25) is 0 Å². The van der Waals surface area contributed by atoms with Crippen LogP contribution in [0.5, 0.6) is 0 Å². The second-order valence-electron chi connectivity index (χ2n) is 9.15. The van der Waals surface area contributed by atoms with E-state index in [0.29, 0.717) is 23.3 Å². The number of nitro groups is 1. The maximum Gasteiger partial charge on any atom is 0.270 e. The number of halogens is 1. The van der Waals surface area contributed by atoms with E-state index in [2.05, 4.69) is 25.7 Å². The van der Waals surface area contributed by atoms with Crippen LogP contribution in [0.1, 0.15) is 56.8 Å². The molecular weight excluding hydrogens is 411 g/mol. The molecule has 0 radical (unpaired) electrons. The molecule has 0 aromatic heterocycles. The molecule has 1 aromatic rings. The number of non-ortho nitro benzene ring substituents is 1. The van der Waals surface area contributed by atoms with E-state index in [1.165, 1.54) is 25.7 Å². The minimum Gasteiger partial charge on any atom is -0.490 e. The van der Waals surface area contributed by atoms with Crippen molar-refractivity contribution in [2.24, 2.45) is 23.7 Å². The molecule has 0 heterocycles. The summed E-state index contributed by atoms with van der Waals surface area (Å²) in [5, 5.41) is 13.5. The number of nitrogens with zero attached hydrogens (tertiary/aromatic N) is 1. The fourth-order valence-corrected chi connectivity index (χ4v) is 5.21. The molecule has 1 aromatic carbocycles. The summed E-state index contributed by atoms with van der Waals surface area (Å²) >= 11 is 0. The van der Waals surface area contributed by atoms with Crippen LogP contribution in [0.25, 0.3) is 0 Å². The maximum absolute atomic E-state index is 14.0. The van der Waals surface area contributed by atoms with Crippen LogP contribution in [-0.2, 0) is 4.74 Å². The molecule has 3 rings (SSSR count). The molecular formula is C25H31FN2O4. The summed E-state index contributed by atoms with van der Waals surface area (Å²) in [4.78, 5) is 22.7. The summed E-state index contributed by atoms with van der Waals surface area (Å²) in [6.45, 7) is 10.3. The third-order valence-electron chi connectivity index (χ3n) is 6.52. The fourth-order valence-electron chi connectivity index (χ4n) is 5.21. The highest BCUT2D eigenvalue weighted by Crippen LogP contribution is 2.46. The Morgan fingerprint density at radius 2 is 2.00 bits per heavy atom. The van der Waals surface area contributed by atoms with Crippen molar-refractivity contribution in [3.63, 3.8) is 0 Å². The van der Waals surface area contributed by atoms with Gasteiger partial charge in [0.1, 0.15) is 17.7 Å². The Hall–Kier alpha value is -2.96. The van der Waals surface area contributed by atoms with Gasteiger partial charge in [-0.05, 0) is 74.5 Å². The van der Waals surface area contributed by atoms with Crippen LogP contribution in [0.3, 0.4) is 0 Å². The zero-order chi connectivity index (χ0) is 23.4. The molecule has 2 aliphatic rings. The van der Waals surface area contributed by atoms with Crippen LogP contribution in [0.4, 0.5) is 10.1 Å². The highest BCUT2D eigenvalue weighted by atomic mass is 19.1. The monoisotopic (exact) mass is 442 g/mol. The van der Waals surface area contributed by atoms with Crippen molar-refractivity contribution in [3.05, 3.63) is 76.0 Å². The number of ether oxygens (including phenoxy) is 1. The van der Waals surface area contributed by atoms with Crippen molar-refractivity contribution >= 4 is 11.6 Å².